The summed E-state index contributed by atoms with van der Waals surface area (Å²) in [6.07, 6.45) is 0.630. The lowest BCUT2D eigenvalue weighted by molar-refractivity contribution is -0.139. The number of fused-ring (bicyclic) bond motifs is 1. The number of carbonyl (C=O) groups is 2. The van der Waals surface area contributed by atoms with Gasteiger partial charge in [-0.05, 0) is 19.8 Å². The van der Waals surface area contributed by atoms with E-state index in [-0.39, 0.29) is 18.3 Å². The van der Waals surface area contributed by atoms with Gasteiger partial charge < -0.3 is 14.7 Å². The molecule has 1 amide bonds. The average molecular weight is 225 g/mol. The maximum Gasteiger partial charge on any atom is 0.335 e. The zero-order chi connectivity index (χ0) is 11.7. The number of ether oxygens (including phenoxy) is 1. The predicted octanol–water partition coefficient (Wildman–Crippen LogP) is 0.191. The van der Waals surface area contributed by atoms with Gasteiger partial charge >= 0.3 is 5.97 Å². The third-order valence-electron chi connectivity index (χ3n) is 2.94. The molecular weight excluding hydrogens is 210 g/mol. The van der Waals surface area contributed by atoms with Gasteiger partial charge in [0.15, 0.2) is 0 Å². The summed E-state index contributed by atoms with van der Waals surface area (Å²) >= 11 is 0. The van der Waals surface area contributed by atoms with Gasteiger partial charge in [-0.2, -0.15) is 0 Å². The van der Waals surface area contributed by atoms with E-state index >= 15 is 0 Å². The number of amides is 1. The Bertz CT molecular complexity index is 361. The van der Waals surface area contributed by atoms with Crippen molar-refractivity contribution in [3.63, 3.8) is 0 Å². The van der Waals surface area contributed by atoms with Gasteiger partial charge in [0, 0.05) is 18.7 Å². The number of hydrogen-bond acceptors (Lipinski definition) is 4. The third kappa shape index (κ3) is 1.71. The van der Waals surface area contributed by atoms with Crippen LogP contribution in [-0.4, -0.2) is 41.1 Å². The molecule has 5 nitrogen and oxygen atoms in total. The fourth-order valence-electron chi connectivity index (χ4n) is 2.22. The van der Waals surface area contributed by atoms with Crippen molar-refractivity contribution in [2.24, 2.45) is 0 Å². The lowest BCUT2D eigenvalue weighted by atomic mass is 10.0. The van der Waals surface area contributed by atoms with E-state index < -0.39 is 6.10 Å². The van der Waals surface area contributed by atoms with Crippen LogP contribution in [-0.2, 0) is 14.3 Å². The van der Waals surface area contributed by atoms with Crippen LogP contribution in [0.1, 0.15) is 26.2 Å². The molecule has 1 N–H and O–H groups in total. The quantitative estimate of drug-likeness (QED) is 0.681. The average Bonchev–Trinajstić information content (AvgIpc) is 2.55. The van der Waals surface area contributed by atoms with Gasteiger partial charge in [-0.3, -0.25) is 4.79 Å². The molecule has 1 atom stereocenters. The first kappa shape index (κ1) is 11.1. The number of hydrogen-bond donors (Lipinski definition) is 1. The van der Waals surface area contributed by atoms with Crippen molar-refractivity contribution < 1.29 is 19.4 Å². The van der Waals surface area contributed by atoms with Gasteiger partial charge in [-0.15, -0.1) is 0 Å². The van der Waals surface area contributed by atoms with Gasteiger partial charge in [-0.1, -0.05) is 0 Å². The number of aliphatic hydroxyl groups is 1. The highest BCUT2D eigenvalue weighted by Crippen LogP contribution is 2.32. The van der Waals surface area contributed by atoms with Crippen molar-refractivity contribution in [2.75, 3.05) is 13.2 Å². The van der Waals surface area contributed by atoms with Crippen LogP contribution in [0.5, 0.6) is 0 Å². The Morgan fingerprint density at radius 2 is 2.38 bits per heavy atom. The number of rotatable bonds is 2. The Balaban J connectivity index is 2.29. The van der Waals surface area contributed by atoms with E-state index in [1.165, 1.54) is 4.90 Å². The fourth-order valence-corrected chi connectivity index (χ4v) is 2.22. The van der Waals surface area contributed by atoms with Crippen molar-refractivity contribution in [3.05, 3.63) is 11.3 Å². The van der Waals surface area contributed by atoms with Crippen LogP contribution < -0.4 is 0 Å². The second-order valence-corrected chi connectivity index (χ2v) is 3.96. The summed E-state index contributed by atoms with van der Waals surface area (Å²) in [6.45, 7) is 2.67. The lowest BCUT2D eigenvalue weighted by Crippen LogP contribution is -2.33. The summed E-state index contributed by atoms with van der Waals surface area (Å²) in [5.41, 5.74) is 1.21. The second kappa shape index (κ2) is 4.25. The first-order valence-corrected chi connectivity index (χ1v) is 5.53. The van der Waals surface area contributed by atoms with Crippen LogP contribution in [0, 0.1) is 0 Å². The Morgan fingerprint density at radius 1 is 1.62 bits per heavy atom. The standard InChI is InChI=1S/C11H15NO4/c1-2-16-11(15)7-4-3-5-12-8(7)6-9(13)10(12)14/h9,13H,2-6H2,1H3/t9-/m0/s1. The molecule has 2 rings (SSSR count). The van der Waals surface area contributed by atoms with Crippen molar-refractivity contribution >= 4 is 11.9 Å². The Labute approximate surface area is 93.7 Å². The highest BCUT2D eigenvalue weighted by molar-refractivity contribution is 5.94. The Hall–Kier alpha value is -1.36. The van der Waals surface area contributed by atoms with Crippen LogP contribution in [0.25, 0.3) is 0 Å². The van der Waals surface area contributed by atoms with E-state index in [1.807, 2.05) is 0 Å². The zero-order valence-electron chi connectivity index (χ0n) is 9.23. The van der Waals surface area contributed by atoms with Crippen LogP contribution in [0.4, 0.5) is 0 Å². The van der Waals surface area contributed by atoms with Crippen LogP contribution in [0.3, 0.4) is 0 Å². The predicted molar refractivity (Wildman–Crippen MR) is 55.2 cm³/mol. The largest absolute Gasteiger partial charge is 0.463 e. The maximum atomic E-state index is 11.7. The molecule has 5 heteroatoms. The summed E-state index contributed by atoms with van der Waals surface area (Å²) in [5, 5.41) is 9.48. The SMILES string of the molecule is CCOC(=O)C1=C2C[C@H](O)C(=O)N2CCC1. The molecule has 0 saturated carbocycles. The molecule has 0 bridgehead atoms. The van der Waals surface area contributed by atoms with Gasteiger partial charge in [0.25, 0.3) is 5.91 Å². The van der Waals surface area contributed by atoms with Crippen molar-refractivity contribution in [1.29, 1.82) is 0 Å². The fraction of sp³-hybridized carbons (Fsp3) is 0.636. The Kier molecular flexibility index (Phi) is 2.96. The van der Waals surface area contributed by atoms with Crippen molar-refractivity contribution in [2.45, 2.75) is 32.3 Å². The molecule has 0 aromatic heterocycles. The van der Waals surface area contributed by atoms with Crippen LogP contribution in [0.2, 0.25) is 0 Å². The van der Waals surface area contributed by atoms with E-state index in [0.717, 1.165) is 6.42 Å². The van der Waals surface area contributed by atoms with Gasteiger partial charge in [0.2, 0.25) is 0 Å². The number of carbonyl (C=O) groups excluding carboxylic acids is 2. The van der Waals surface area contributed by atoms with E-state index in [0.29, 0.717) is 30.8 Å². The second-order valence-electron chi connectivity index (χ2n) is 3.96. The molecule has 2 aliphatic heterocycles. The molecule has 0 radical (unpaired) electrons. The van der Waals surface area contributed by atoms with Crippen LogP contribution in [0.15, 0.2) is 11.3 Å². The van der Waals surface area contributed by atoms with Gasteiger partial charge in [0.05, 0.1) is 12.2 Å². The van der Waals surface area contributed by atoms with Crippen LogP contribution >= 0.6 is 0 Å². The highest BCUT2D eigenvalue weighted by atomic mass is 16.5. The van der Waals surface area contributed by atoms with Crippen molar-refractivity contribution in [1.82, 2.24) is 4.90 Å². The Morgan fingerprint density at radius 3 is 3.06 bits per heavy atom. The number of nitrogens with zero attached hydrogens (tertiary/aromatic N) is 1. The molecule has 0 aliphatic carbocycles. The van der Waals surface area contributed by atoms with E-state index in [1.54, 1.807) is 6.92 Å². The zero-order valence-corrected chi connectivity index (χ0v) is 9.23. The maximum absolute atomic E-state index is 11.7. The molecular formula is C11H15NO4. The normalized spacial score (nSPS) is 24.8. The first-order valence-electron chi connectivity index (χ1n) is 5.53. The van der Waals surface area contributed by atoms with Crippen molar-refractivity contribution in [3.8, 4) is 0 Å². The summed E-state index contributed by atoms with van der Waals surface area (Å²) in [5.74, 6) is -0.652. The van der Waals surface area contributed by atoms with E-state index in [4.69, 9.17) is 4.74 Å². The summed E-state index contributed by atoms with van der Waals surface area (Å²) in [7, 11) is 0. The smallest absolute Gasteiger partial charge is 0.335 e. The molecule has 2 aliphatic rings. The number of aliphatic hydroxyl groups excluding tert-OH is 1. The summed E-state index contributed by atoms with van der Waals surface area (Å²) in [6, 6.07) is 0. The molecule has 1 saturated heterocycles. The molecule has 88 valence electrons. The molecule has 1 fully saturated rings. The molecule has 2 heterocycles. The minimum atomic E-state index is -0.988. The topological polar surface area (TPSA) is 66.8 Å². The summed E-state index contributed by atoms with van der Waals surface area (Å²) in [4.78, 5) is 24.7. The lowest BCUT2D eigenvalue weighted by Gasteiger charge is -2.25. The molecule has 0 aromatic rings. The monoisotopic (exact) mass is 225 g/mol. The molecule has 0 aromatic carbocycles. The highest BCUT2D eigenvalue weighted by Gasteiger charge is 2.39. The van der Waals surface area contributed by atoms with E-state index in [2.05, 4.69) is 0 Å². The molecule has 16 heavy (non-hydrogen) atoms. The summed E-state index contributed by atoms with van der Waals surface area (Å²) < 4.78 is 4.94. The van der Waals surface area contributed by atoms with E-state index in [9.17, 15) is 14.7 Å². The minimum Gasteiger partial charge on any atom is -0.463 e. The molecule has 0 unspecified atom stereocenters. The minimum absolute atomic E-state index is 0.243. The first-order chi connectivity index (χ1) is 7.65. The number of esters is 1. The molecule has 0 spiro atoms. The van der Waals surface area contributed by atoms with Gasteiger partial charge in [0.1, 0.15) is 6.10 Å². The third-order valence-corrected chi connectivity index (χ3v) is 2.94. The van der Waals surface area contributed by atoms with Gasteiger partial charge in [-0.25, -0.2) is 4.79 Å².